The van der Waals surface area contributed by atoms with E-state index in [0.717, 1.165) is 110 Å². The van der Waals surface area contributed by atoms with E-state index in [4.69, 9.17) is 22.2 Å². The lowest BCUT2D eigenvalue weighted by Crippen LogP contribution is -2.03. The fourth-order valence-electron chi connectivity index (χ4n) is 11.8. The Morgan fingerprint density at radius 3 is 1.40 bits per heavy atom. The summed E-state index contributed by atoms with van der Waals surface area (Å²) in [5.41, 5.74) is 8.74. The molecule has 5 nitrogen and oxygen atoms in total. The van der Waals surface area contributed by atoms with E-state index in [1.165, 1.54) is 172 Å². The van der Waals surface area contributed by atoms with Crippen molar-refractivity contribution in [3.63, 3.8) is 0 Å². The number of hydrogen-bond donors (Lipinski definition) is 0. The first-order valence-corrected chi connectivity index (χ1v) is 35.8. The van der Waals surface area contributed by atoms with Gasteiger partial charge < -0.3 is 4.74 Å². The number of thiophene rings is 4. The zero-order valence-corrected chi connectivity index (χ0v) is 54.4. The fourth-order valence-corrected chi connectivity index (χ4v) is 17.5. The van der Waals surface area contributed by atoms with Gasteiger partial charge in [0.2, 0.25) is 0 Å². The van der Waals surface area contributed by atoms with Crippen molar-refractivity contribution in [2.24, 2.45) is 11.8 Å². The van der Waals surface area contributed by atoms with Gasteiger partial charge in [-0.1, -0.05) is 195 Å². The molecule has 8 rings (SSSR count). The first-order chi connectivity index (χ1) is 39.1. The van der Waals surface area contributed by atoms with Crippen LogP contribution in [-0.2, 0) is 12.8 Å². The van der Waals surface area contributed by atoms with Crippen LogP contribution in [0.1, 0.15) is 228 Å². The second-order valence-corrected chi connectivity index (χ2v) is 28.6. The molecular formula is C67H90F2N4OS6. The van der Waals surface area contributed by atoms with Gasteiger partial charge in [-0.05, 0) is 99.4 Å². The van der Waals surface area contributed by atoms with Crippen molar-refractivity contribution in [2.75, 3.05) is 6.61 Å². The van der Waals surface area contributed by atoms with Crippen molar-refractivity contribution < 1.29 is 13.5 Å². The van der Waals surface area contributed by atoms with Crippen molar-refractivity contribution >= 4 is 90.9 Å². The van der Waals surface area contributed by atoms with Gasteiger partial charge in [0.1, 0.15) is 27.8 Å². The molecule has 8 aromatic rings. The van der Waals surface area contributed by atoms with Crippen molar-refractivity contribution in [3.8, 4) is 57.3 Å². The van der Waals surface area contributed by atoms with Gasteiger partial charge in [0.25, 0.3) is 0 Å². The predicted molar refractivity (Wildman–Crippen MR) is 349 cm³/mol. The molecular weight excluding hydrogens is 1110 g/mol. The summed E-state index contributed by atoms with van der Waals surface area (Å²) >= 11 is 8.95. The molecule has 2 unspecified atom stereocenters. The Balaban J connectivity index is 1.13. The van der Waals surface area contributed by atoms with Gasteiger partial charge in [-0.3, -0.25) is 0 Å². The van der Waals surface area contributed by atoms with Crippen LogP contribution in [0.4, 0.5) is 8.78 Å². The maximum atomic E-state index is 17.4. The summed E-state index contributed by atoms with van der Waals surface area (Å²) in [5.74, 6) is 0.238. The molecule has 0 aliphatic heterocycles. The van der Waals surface area contributed by atoms with Crippen molar-refractivity contribution in [2.45, 2.75) is 235 Å². The number of unbranched alkanes of at least 4 members (excludes halogenated alkanes) is 19. The van der Waals surface area contributed by atoms with Crippen LogP contribution in [0.3, 0.4) is 0 Å². The fraction of sp³-hybridized carbons (Fsp3) is 0.582. The maximum Gasteiger partial charge on any atom is 0.170 e. The van der Waals surface area contributed by atoms with E-state index in [0.29, 0.717) is 34.4 Å². The molecule has 0 N–H and O–H groups in total. The Hall–Kier alpha value is -3.46. The smallest absolute Gasteiger partial charge is 0.170 e. The highest BCUT2D eigenvalue weighted by Gasteiger charge is 2.30. The molecule has 2 atom stereocenters. The standard InChI is InChI=1S/C67H90F2N4OS6/c1-9-14-17-20-23-24-25-26-29-32-39-74-66-45(7)56(51-36-35-44(6)75-51)62-65(73-79-70-62)59(66)52-37-38-53(77-52)67-50(41-48(13-5)34-31-28-22-19-16-11-3)43-55(78-67)58-61(69)60(68)57(63-64(58)72-80-71-63)54-42-49(46(8)76-54)40-47(12-4)33-30-27-21-18-15-10-2/h35-38,42-43,47-48H,9-34,39-41H2,1-8H3. The number of benzene rings is 2. The van der Waals surface area contributed by atoms with Gasteiger partial charge in [0.05, 0.1) is 46.8 Å². The van der Waals surface area contributed by atoms with Gasteiger partial charge in [-0.25, -0.2) is 8.78 Å². The number of hydrogen-bond acceptors (Lipinski definition) is 11. The summed E-state index contributed by atoms with van der Waals surface area (Å²) in [4.78, 5) is 8.30. The normalized spacial score (nSPS) is 12.7. The lowest BCUT2D eigenvalue weighted by molar-refractivity contribution is 0.304. The molecule has 0 radical (unpaired) electrons. The minimum Gasteiger partial charge on any atom is -0.493 e. The highest BCUT2D eigenvalue weighted by molar-refractivity contribution is 7.25. The zero-order chi connectivity index (χ0) is 56.4. The monoisotopic (exact) mass is 1200 g/mol. The van der Waals surface area contributed by atoms with Crippen molar-refractivity contribution in [3.05, 3.63) is 74.5 Å². The Kier molecular flexibility index (Phi) is 25.0. The highest BCUT2D eigenvalue weighted by Crippen LogP contribution is 2.52. The Morgan fingerprint density at radius 1 is 0.438 bits per heavy atom. The molecule has 0 spiro atoms. The van der Waals surface area contributed by atoms with Crippen LogP contribution in [0.5, 0.6) is 5.75 Å². The van der Waals surface area contributed by atoms with Crippen LogP contribution in [0.15, 0.2) is 36.4 Å². The number of aryl methyl sites for hydroxylation is 2. The molecule has 0 amide bonds. The number of rotatable bonds is 37. The molecule has 0 saturated carbocycles. The van der Waals surface area contributed by atoms with Crippen LogP contribution in [0, 0.1) is 44.2 Å². The molecule has 13 heteroatoms. The summed E-state index contributed by atoms with van der Waals surface area (Å²) in [6, 6.07) is 13.1. The third-order valence-electron chi connectivity index (χ3n) is 16.7. The third-order valence-corrected chi connectivity index (χ3v) is 22.4. The van der Waals surface area contributed by atoms with Gasteiger partial charge in [-0.15, -0.1) is 45.3 Å². The minimum absolute atomic E-state index is 0.222. The third kappa shape index (κ3) is 15.8. The van der Waals surface area contributed by atoms with Gasteiger partial charge in [-0.2, -0.15) is 17.5 Å². The predicted octanol–water partition coefficient (Wildman–Crippen LogP) is 24.4. The summed E-state index contributed by atoms with van der Waals surface area (Å²) in [7, 11) is 0. The molecule has 6 aromatic heterocycles. The Morgan fingerprint density at radius 2 is 0.875 bits per heavy atom. The van der Waals surface area contributed by atoms with Crippen LogP contribution in [0.25, 0.3) is 73.6 Å². The molecule has 6 heterocycles. The van der Waals surface area contributed by atoms with E-state index in [1.807, 2.05) is 0 Å². The molecule has 0 bridgehead atoms. The Bertz CT molecular complexity index is 3150. The highest BCUT2D eigenvalue weighted by atomic mass is 32.1. The number of aromatic nitrogens is 4. The zero-order valence-electron chi connectivity index (χ0n) is 49.5. The van der Waals surface area contributed by atoms with E-state index in [-0.39, 0.29) is 11.1 Å². The summed E-state index contributed by atoms with van der Waals surface area (Å²) in [6.45, 7) is 18.5. The average Bonchev–Trinajstić information content (AvgIpc) is 4.45. The van der Waals surface area contributed by atoms with Crippen LogP contribution in [0.2, 0.25) is 0 Å². The van der Waals surface area contributed by atoms with E-state index in [1.54, 1.807) is 45.3 Å². The second kappa shape index (κ2) is 32.0. The van der Waals surface area contributed by atoms with E-state index in [2.05, 4.69) is 91.8 Å². The number of fused-ring (bicyclic) bond motifs is 2. The van der Waals surface area contributed by atoms with E-state index in [9.17, 15) is 0 Å². The first-order valence-electron chi connectivity index (χ1n) is 31.0. The number of ether oxygens (including phenoxy) is 1. The van der Waals surface area contributed by atoms with Crippen molar-refractivity contribution in [1.29, 1.82) is 0 Å². The SMILES string of the molecule is CCCCCCCCCCCCOc1c(C)c(-c2ccc(C)s2)c2nsnc2c1-c1ccc(-c2sc(-c3c(F)c(F)c(-c4cc(CC(CC)CCCCCCCC)c(C)s4)c4nsnc34)cc2CC(CC)CCCCCCCC)s1. The van der Waals surface area contributed by atoms with E-state index >= 15 is 8.78 Å². The molecule has 0 aliphatic carbocycles. The van der Waals surface area contributed by atoms with Crippen LogP contribution < -0.4 is 4.74 Å². The molecule has 80 heavy (non-hydrogen) atoms. The van der Waals surface area contributed by atoms with Crippen LogP contribution >= 0.6 is 68.8 Å². The second-order valence-electron chi connectivity index (χ2n) is 22.8. The lowest BCUT2D eigenvalue weighted by Gasteiger charge is -2.17. The molecule has 0 fully saturated rings. The van der Waals surface area contributed by atoms with Gasteiger partial charge >= 0.3 is 0 Å². The average molecular weight is 1200 g/mol. The molecule has 2 aromatic carbocycles. The largest absolute Gasteiger partial charge is 0.493 e. The summed E-state index contributed by atoms with van der Waals surface area (Å²) in [5, 5.41) is 0. The summed E-state index contributed by atoms with van der Waals surface area (Å²) < 4.78 is 61.2. The maximum absolute atomic E-state index is 17.4. The Labute approximate surface area is 503 Å². The molecule has 434 valence electrons. The quantitative estimate of drug-likeness (QED) is 0.0363. The topological polar surface area (TPSA) is 60.8 Å². The summed E-state index contributed by atoms with van der Waals surface area (Å²) in [6.07, 6.45) is 34.3. The van der Waals surface area contributed by atoms with Gasteiger partial charge in [0, 0.05) is 50.1 Å². The molecule has 0 saturated heterocycles. The minimum atomic E-state index is -0.841. The van der Waals surface area contributed by atoms with E-state index < -0.39 is 11.6 Å². The van der Waals surface area contributed by atoms with Crippen molar-refractivity contribution in [1.82, 2.24) is 17.5 Å². The number of nitrogens with zero attached hydrogens (tertiary/aromatic N) is 4. The van der Waals surface area contributed by atoms with Gasteiger partial charge in [0.15, 0.2) is 11.6 Å². The lowest BCUT2D eigenvalue weighted by atomic mass is 9.91. The number of halogens is 2. The van der Waals surface area contributed by atoms with Crippen LogP contribution in [-0.4, -0.2) is 24.1 Å². The molecule has 0 aliphatic rings. The first kappa shape index (κ1) is 62.6.